The quantitative estimate of drug-likeness (QED) is 0.655. The van der Waals surface area contributed by atoms with Gasteiger partial charge < -0.3 is 4.74 Å². The molecule has 144 valence electrons. The van der Waals surface area contributed by atoms with E-state index >= 15 is 0 Å². The van der Waals surface area contributed by atoms with Crippen LogP contribution >= 0.6 is 0 Å². The SMILES string of the molecule is CCOC(=O)[C@@H]1[C@H]2CN(Cc3cc(=O)n4[nH]c(C)cc4n3)C[C@@H]2C=C[C@@H]1C. The van der Waals surface area contributed by atoms with Gasteiger partial charge in [0, 0.05) is 37.5 Å². The maximum atomic E-state index is 12.5. The fourth-order valence-corrected chi connectivity index (χ4v) is 4.58. The van der Waals surface area contributed by atoms with Gasteiger partial charge >= 0.3 is 5.97 Å². The lowest BCUT2D eigenvalue weighted by atomic mass is 9.72. The van der Waals surface area contributed by atoms with Gasteiger partial charge in [-0.25, -0.2) is 9.50 Å². The Balaban J connectivity index is 1.53. The summed E-state index contributed by atoms with van der Waals surface area (Å²) in [6.45, 7) is 8.55. The molecule has 4 rings (SSSR count). The minimum Gasteiger partial charge on any atom is -0.466 e. The van der Waals surface area contributed by atoms with Crippen molar-refractivity contribution in [2.45, 2.75) is 27.3 Å². The Morgan fingerprint density at radius 3 is 2.93 bits per heavy atom. The van der Waals surface area contributed by atoms with Crippen molar-refractivity contribution in [2.75, 3.05) is 19.7 Å². The summed E-state index contributed by atoms with van der Waals surface area (Å²) in [6.07, 6.45) is 4.39. The van der Waals surface area contributed by atoms with Gasteiger partial charge in [-0.3, -0.25) is 19.6 Å². The minimum absolute atomic E-state index is 0.0909. The molecule has 2 aliphatic rings. The molecular weight excluding hydrogens is 344 g/mol. The molecule has 0 amide bonds. The van der Waals surface area contributed by atoms with E-state index in [1.165, 1.54) is 4.52 Å². The number of carbonyl (C=O) groups excluding carboxylic acids is 1. The number of nitrogens with one attached hydrogen (secondary N) is 1. The molecule has 1 N–H and O–H groups in total. The summed E-state index contributed by atoms with van der Waals surface area (Å²) in [6, 6.07) is 3.46. The number of rotatable bonds is 4. The van der Waals surface area contributed by atoms with E-state index < -0.39 is 0 Å². The number of aromatic nitrogens is 3. The summed E-state index contributed by atoms with van der Waals surface area (Å²) < 4.78 is 6.79. The number of esters is 1. The van der Waals surface area contributed by atoms with Gasteiger partial charge in [-0.1, -0.05) is 19.1 Å². The topological polar surface area (TPSA) is 79.7 Å². The van der Waals surface area contributed by atoms with E-state index in [0.717, 1.165) is 24.5 Å². The highest BCUT2D eigenvalue weighted by Crippen LogP contribution is 2.40. The van der Waals surface area contributed by atoms with E-state index in [9.17, 15) is 9.59 Å². The van der Waals surface area contributed by atoms with Crippen LogP contribution < -0.4 is 5.56 Å². The second-order valence-corrected chi connectivity index (χ2v) is 7.76. The molecule has 7 heteroatoms. The molecule has 0 unspecified atom stereocenters. The van der Waals surface area contributed by atoms with Crippen LogP contribution in [-0.4, -0.2) is 45.2 Å². The van der Waals surface area contributed by atoms with Crippen molar-refractivity contribution in [3.05, 3.63) is 46.0 Å². The van der Waals surface area contributed by atoms with E-state index in [1.54, 1.807) is 6.07 Å². The summed E-state index contributed by atoms with van der Waals surface area (Å²) in [5, 5.41) is 2.99. The number of allylic oxidation sites excluding steroid dienone is 1. The molecule has 0 aromatic carbocycles. The fraction of sp³-hybridized carbons (Fsp3) is 0.550. The summed E-state index contributed by atoms with van der Waals surface area (Å²) >= 11 is 0. The van der Waals surface area contributed by atoms with Crippen molar-refractivity contribution in [3.63, 3.8) is 0 Å². The first kappa shape index (κ1) is 18.0. The van der Waals surface area contributed by atoms with Gasteiger partial charge in [0.2, 0.25) is 0 Å². The highest BCUT2D eigenvalue weighted by molar-refractivity contribution is 5.74. The summed E-state index contributed by atoms with van der Waals surface area (Å²) in [5.74, 6) is 0.593. The van der Waals surface area contributed by atoms with Gasteiger partial charge in [0.25, 0.3) is 5.56 Å². The number of likely N-dealkylation sites (tertiary alicyclic amines) is 1. The van der Waals surface area contributed by atoms with E-state index in [2.05, 4.69) is 34.1 Å². The predicted octanol–water partition coefficient (Wildman–Crippen LogP) is 1.76. The van der Waals surface area contributed by atoms with Crippen LogP contribution in [0.2, 0.25) is 0 Å². The standard InChI is InChI=1S/C20H26N4O3/c1-4-27-20(26)19-12(2)5-6-14-9-23(11-16(14)19)10-15-8-18(25)24-17(21-15)7-13(3)22-24/h5-8,12,14,16,19,22H,4,9-11H2,1-3H3/t12-,14-,16-,19-/m0/s1. The molecule has 4 atom stereocenters. The van der Waals surface area contributed by atoms with Crippen LogP contribution in [0.15, 0.2) is 29.1 Å². The number of H-pyrrole nitrogens is 1. The van der Waals surface area contributed by atoms with Crippen LogP contribution in [0.25, 0.3) is 5.65 Å². The molecule has 1 aliphatic heterocycles. The molecule has 0 saturated carbocycles. The third-order valence-corrected chi connectivity index (χ3v) is 5.75. The first-order valence-electron chi connectivity index (χ1n) is 9.62. The largest absolute Gasteiger partial charge is 0.466 e. The predicted molar refractivity (Wildman–Crippen MR) is 101 cm³/mol. The summed E-state index contributed by atoms with van der Waals surface area (Å²) in [7, 11) is 0. The molecule has 0 spiro atoms. The molecular formula is C20H26N4O3. The maximum Gasteiger partial charge on any atom is 0.309 e. The minimum atomic E-state index is -0.0994. The second kappa shape index (κ2) is 6.96. The van der Waals surface area contributed by atoms with Crippen molar-refractivity contribution in [1.29, 1.82) is 0 Å². The molecule has 1 fully saturated rings. The second-order valence-electron chi connectivity index (χ2n) is 7.76. The van der Waals surface area contributed by atoms with Gasteiger partial charge in [-0.05, 0) is 31.6 Å². The molecule has 3 heterocycles. The maximum absolute atomic E-state index is 12.5. The summed E-state index contributed by atoms with van der Waals surface area (Å²) in [4.78, 5) is 31.7. The Bertz CT molecular complexity index is 944. The Labute approximate surface area is 158 Å². The fourth-order valence-electron chi connectivity index (χ4n) is 4.58. The van der Waals surface area contributed by atoms with E-state index in [-0.39, 0.29) is 29.3 Å². The highest BCUT2D eigenvalue weighted by Gasteiger charge is 2.44. The van der Waals surface area contributed by atoms with Crippen LogP contribution in [0.3, 0.4) is 0 Å². The lowest BCUT2D eigenvalue weighted by Gasteiger charge is -2.32. The first-order chi connectivity index (χ1) is 13.0. The number of ether oxygens (including phenoxy) is 1. The van der Waals surface area contributed by atoms with E-state index in [1.807, 2.05) is 19.9 Å². The third kappa shape index (κ3) is 3.32. The first-order valence-corrected chi connectivity index (χ1v) is 9.62. The third-order valence-electron chi connectivity index (χ3n) is 5.75. The number of carbonyl (C=O) groups is 1. The van der Waals surface area contributed by atoms with Crippen molar-refractivity contribution in [1.82, 2.24) is 19.5 Å². The molecule has 2 aromatic heterocycles. The van der Waals surface area contributed by atoms with Crippen LogP contribution in [0.5, 0.6) is 0 Å². The zero-order chi connectivity index (χ0) is 19.1. The van der Waals surface area contributed by atoms with Gasteiger partial charge in [0.15, 0.2) is 5.65 Å². The van der Waals surface area contributed by atoms with E-state index in [4.69, 9.17) is 4.74 Å². The van der Waals surface area contributed by atoms with Gasteiger partial charge in [0.05, 0.1) is 18.2 Å². The van der Waals surface area contributed by atoms with Crippen molar-refractivity contribution < 1.29 is 9.53 Å². The number of hydrogen-bond acceptors (Lipinski definition) is 5. The molecule has 2 aromatic rings. The molecule has 0 bridgehead atoms. The van der Waals surface area contributed by atoms with Gasteiger partial charge in [0.1, 0.15) is 0 Å². The molecule has 7 nitrogen and oxygen atoms in total. The highest BCUT2D eigenvalue weighted by atomic mass is 16.5. The molecule has 27 heavy (non-hydrogen) atoms. The number of fused-ring (bicyclic) bond motifs is 2. The zero-order valence-electron chi connectivity index (χ0n) is 16.0. The lowest BCUT2D eigenvalue weighted by molar-refractivity contribution is -0.152. The zero-order valence-corrected chi connectivity index (χ0v) is 16.0. The summed E-state index contributed by atoms with van der Waals surface area (Å²) in [5.41, 5.74) is 2.21. The Morgan fingerprint density at radius 1 is 1.33 bits per heavy atom. The van der Waals surface area contributed by atoms with Gasteiger partial charge in [-0.2, -0.15) is 0 Å². The number of aryl methyl sites for hydroxylation is 1. The number of hydrogen-bond donors (Lipinski definition) is 1. The molecule has 1 aliphatic carbocycles. The van der Waals surface area contributed by atoms with Crippen molar-refractivity contribution in [3.8, 4) is 0 Å². The average Bonchev–Trinajstić information content (AvgIpc) is 3.17. The van der Waals surface area contributed by atoms with Crippen LogP contribution in [-0.2, 0) is 16.1 Å². The lowest BCUT2D eigenvalue weighted by Crippen LogP contribution is -2.37. The average molecular weight is 370 g/mol. The smallest absolute Gasteiger partial charge is 0.309 e. The Kier molecular flexibility index (Phi) is 4.63. The van der Waals surface area contributed by atoms with Crippen LogP contribution in [0, 0.1) is 30.6 Å². The van der Waals surface area contributed by atoms with Crippen molar-refractivity contribution >= 4 is 11.6 Å². The number of nitrogens with zero attached hydrogens (tertiary/aromatic N) is 3. The number of aromatic amines is 1. The Hall–Kier alpha value is -2.41. The van der Waals surface area contributed by atoms with Crippen LogP contribution in [0.4, 0.5) is 0 Å². The van der Waals surface area contributed by atoms with E-state index in [0.29, 0.717) is 24.7 Å². The Morgan fingerprint density at radius 2 is 2.15 bits per heavy atom. The molecule has 1 saturated heterocycles. The van der Waals surface area contributed by atoms with Gasteiger partial charge in [-0.15, -0.1) is 0 Å². The van der Waals surface area contributed by atoms with Crippen LogP contribution in [0.1, 0.15) is 25.2 Å². The molecule has 0 radical (unpaired) electrons. The monoisotopic (exact) mass is 370 g/mol. The van der Waals surface area contributed by atoms with Crippen molar-refractivity contribution in [2.24, 2.45) is 23.7 Å². The normalized spacial score (nSPS) is 27.8.